The van der Waals surface area contributed by atoms with Gasteiger partial charge in [0.25, 0.3) is 0 Å². The molecule has 1 heterocycles. The van der Waals surface area contributed by atoms with Gasteiger partial charge in [0, 0.05) is 10.8 Å². The van der Waals surface area contributed by atoms with Gasteiger partial charge < -0.3 is 10.2 Å². The second-order valence-electron chi connectivity index (χ2n) is 3.32. The summed E-state index contributed by atoms with van der Waals surface area (Å²) >= 11 is 1.50. The van der Waals surface area contributed by atoms with Crippen LogP contribution in [0.3, 0.4) is 0 Å². The molecule has 0 spiro atoms. The Morgan fingerprint density at radius 1 is 1.33 bits per heavy atom. The van der Waals surface area contributed by atoms with Gasteiger partial charge in [-0.05, 0) is 23.9 Å². The lowest BCUT2D eigenvalue weighted by Crippen LogP contribution is -2.11. The molecule has 15 heavy (non-hydrogen) atoms. The highest BCUT2D eigenvalue weighted by Crippen LogP contribution is 2.29. The Labute approximate surface area is 91.2 Å². The molecular formula is C10H12O4S. The smallest absolute Gasteiger partial charge is 0.303 e. The summed E-state index contributed by atoms with van der Waals surface area (Å²) in [5, 5.41) is 19.2. The first-order valence-corrected chi connectivity index (χ1v) is 5.36. The van der Waals surface area contributed by atoms with Crippen LogP contribution in [0.2, 0.25) is 0 Å². The number of aryl methyl sites for hydroxylation is 1. The number of rotatable bonds is 5. The molecule has 0 saturated heterocycles. The Hall–Kier alpha value is -1.36. The fraction of sp³-hybridized carbons (Fsp3) is 0.400. The molecule has 0 aliphatic heterocycles. The van der Waals surface area contributed by atoms with E-state index in [-0.39, 0.29) is 12.8 Å². The third-order valence-corrected chi connectivity index (χ3v) is 3.04. The van der Waals surface area contributed by atoms with Gasteiger partial charge in [-0.1, -0.05) is 0 Å². The van der Waals surface area contributed by atoms with E-state index in [0.717, 1.165) is 10.4 Å². The number of aliphatic carboxylic acids is 2. The SMILES string of the molecule is Cc1sccc1C(CC(=O)O)CC(=O)O. The molecule has 0 aromatic carbocycles. The molecule has 1 aromatic heterocycles. The lowest BCUT2D eigenvalue weighted by atomic mass is 9.93. The molecule has 0 aliphatic rings. The van der Waals surface area contributed by atoms with Crippen molar-refractivity contribution >= 4 is 23.3 Å². The normalized spacial score (nSPS) is 10.5. The summed E-state index contributed by atoms with van der Waals surface area (Å²) in [5.41, 5.74) is 0.838. The quantitative estimate of drug-likeness (QED) is 0.809. The van der Waals surface area contributed by atoms with Crippen molar-refractivity contribution in [1.82, 2.24) is 0 Å². The summed E-state index contributed by atoms with van der Waals surface area (Å²) in [6.45, 7) is 1.87. The first-order chi connectivity index (χ1) is 7.00. The minimum atomic E-state index is -0.966. The molecule has 0 radical (unpaired) electrons. The van der Waals surface area contributed by atoms with E-state index in [1.165, 1.54) is 11.3 Å². The van der Waals surface area contributed by atoms with Gasteiger partial charge in [-0.25, -0.2) is 0 Å². The molecule has 0 amide bonds. The number of thiophene rings is 1. The molecule has 1 aromatic rings. The van der Waals surface area contributed by atoms with Crippen LogP contribution in [0.4, 0.5) is 0 Å². The van der Waals surface area contributed by atoms with Gasteiger partial charge >= 0.3 is 11.9 Å². The molecule has 1 rings (SSSR count). The average molecular weight is 228 g/mol. The van der Waals surface area contributed by atoms with Crippen molar-refractivity contribution in [3.63, 3.8) is 0 Å². The van der Waals surface area contributed by atoms with Crippen LogP contribution in [0.25, 0.3) is 0 Å². The fourth-order valence-electron chi connectivity index (χ4n) is 1.53. The summed E-state index contributed by atoms with van der Waals surface area (Å²) in [4.78, 5) is 22.2. The zero-order chi connectivity index (χ0) is 11.4. The van der Waals surface area contributed by atoms with Gasteiger partial charge in [0.1, 0.15) is 0 Å². The molecule has 5 heteroatoms. The maximum Gasteiger partial charge on any atom is 0.303 e. The second kappa shape index (κ2) is 4.93. The Kier molecular flexibility index (Phi) is 3.85. The monoisotopic (exact) mass is 228 g/mol. The first kappa shape index (κ1) is 11.7. The molecule has 4 nitrogen and oxygen atoms in total. The Bertz CT molecular complexity index is 353. The van der Waals surface area contributed by atoms with E-state index in [4.69, 9.17) is 10.2 Å². The van der Waals surface area contributed by atoms with Crippen LogP contribution < -0.4 is 0 Å². The standard InChI is InChI=1S/C10H12O4S/c1-6-8(2-3-15-6)7(4-9(11)12)5-10(13)14/h2-3,7H,4-5H2,1H3,(H,11,12)(H,13,14). The summed E-state index contributed by atoms with van der Waals surface area (Å²) < 4.78 is 0. The van der Waals surface area contributed by atoms with Crippen LogP contribution in [0.5, 0.6) is 0 Å². The van der Waals surface area contributed by atoms with Crippen molar-refractivity contribution in [1.29, 1.82) is 0 Å². The minimum Gasteiger partial charge on any atom is -0.481 e. The summed E-state index contributed by atoms with van der Waals surface area (Å²) in [5.74, 6) is -2.36. The maximum absolute atomic E-state index is 10.6. The van der Waals surface area contributed by atoms with Gasteiger partial charge in [-0.15, -0.1) is 11.3 Å². The third kappa shape index (κ3) is 3.36. The third-order valence-electron chi connectivity index (χ3n) is 2.18. The summed E-state index contributed by atoms with van der Waals surface area (Å²) in [6.07, 6.45) is -0.270. The van der Waals surface area contributed by atoms with Crippen LogP contribution in [0.1, 0.15) is 29.2 Å². The maximum atomic E-state index is 10.6. The lowest BCUT2D eigenvalue weighted by molar-refractivity contribution is -0.139. The van der Waals surface area contributed by atoms with Gasteiger partial charge in [0.2, 0.25) is 0 Å². The van der Waals surface area contributed by atoms with E-state index >= 15 is 0 Å². The molecule has 2 N–H and O–H groups in total. The van der Waals surface area contributed by atoms with Crippen molar-refractivity contribution in [3.05, 3.63) is 21.9 Å². The van der Waals surface area contributed by atoms with Crippen LogP contribution >= 0.6 is 11.3 Å². The van der Waals surface area contributed by atoms with E-state index in [9.17, 15) is 9.59 Å². The number of carboxylic acid groups (broad SMARTS) is 2. The predicted octanol–water partition coefficient (Wildman–Crippen LogP) is 2.09. The second-order valence-corrected chi connectivity index (χ2v) is 4.45. The zero-order valence-corrected chi connectivity index (χ0v) is 9.08. The van der Waals surface area contributed by atoms with Crippen LogP contribution in [0, 0.1) is 6.92 Å². The molecule has 0 saturated carbocycles. The number of carbonyl (C=O) groups is 2. The molecule has 0 fully saturated rings. The van der Waals surface area contributed by atoms with Crippen LogP contribution in [0.15, 0.2) is 11.4 Å². The van der Waals surface area contributed by atoms with E-state index in [0.29, 0.717) is 0 Å². The largest absolute Gasteiger partial charge is 0.481 e. The van der Waals surface area contributed by atoms with Crippen molar-refractivity contribution in [2.75, 3.05) is 0 Å². The van der Waals surface area contributed by atoms with Gasteiger partial charge in [-0.2, -0.15) is 0 Å². The van der Waals surface area contributed by atoms with Crippen molar-refractivity contribution in [3.8, 4) is 0 Å². The topological polar surface area (TPSA) is 74.6 Å². The zero-order valence-electron chi connectivity index (χ0n) is 8.27. The van der Waals surface area contributed by atoms with E-state index in [2.05, 4.69) is 0 Å². The first-order valence-electron chi connectivity index (χ1n) is 4.48. The van der Waals surface area contributed by atoms with Crippen molar-refractivity contribution in [2.24, 2.45) is 0 Å². The van der Waals surface area contributed by atoms with Crippen LogP contribution in [-0.2, 0) is 9.59 Å². The van der Waals surface area contributed by atoms with E-state index in [1.807, 2.05) is 12.3 Å². The highest BCUT2D eigenvalue weighted by atomic mass is 32.1. The molecule has 0 bridgehead atoms. The Morgan fingerprint density at radius 3 is 2.20 bits per heavy atom. The number of carboxylic acids is 2. The summed E-state index contributed by atoms with van der Waals surface area (Å²) in [7, 11) is 0. The Morgan fingerprint density at radius 2 is 1.87 bits per heavy atom. The fourth-order valence-corrected chi connectivity index (χ4v) is 2.32. The van der Waals surface area contributed by atoms with Crippen molar-refractivity contribution in [2.45, 2.75) is 25.7 Å². The molecule has 0 unspecified atom stereocenters. The predicted molar refractivity (Wildman–Crippen MR) is 56.3 cm³/mol. The van der Waals surface area contributed by atoms with Gasteiger partial charge in [-0.3, -0.25) is 9.59 Å². The van der Waals surface area contributed by atoms with Crippen LogP contribution in [-0.4, -0.2) is 22.2 Å². The molecule has 0 atom stereocenters. The number of hydrogen-bond donors (Lipinski definition) is 2. The number of hydrogen-bond acceptors (Lipinski definition) is 3. The highest BCUT2D eigenvalue weighted by molar-refractivity contribution is 7.10. The minimum absolute atomic E-state index is 0.135. The van der Waals surface area contributed by atoms with E-state index in [1.54, 1.807) is 6.07 Å². The highest BCUT2D eigenvalue weighted by Gasteiger charge is 2.20. The molecule has 82 valence electrons. The van der Waals surface area contributed by atoms with Gasteiger partial charge in [0.15, 0.2) is 0 Å². The lowest BCUT2D eigenvalue weighted by Gasteiger charge is -2.11. The van der Waals surface area contributed by atoms with Gasteiger partial charge in [0.05, 0.1) is 12.8 Å². The van der Waals surface area contributed by atoms with Crippen molar-refractivity contribution < 1.29 is 19.8 Å². The van der Waals surface area contributed by atoms with E-state index < -0.39 is 17.9 Å². The molecule has 0 aliphatic carbocycles. The average Bonchev–Trinajstić information content (AvgIpc) is 2.48. The molecular weight excluding hydrogens is 216 g/mol. The summed E-state index contributed by atoms with van der Waals surface area (Å²) in [6, 6.07) is 1.80. The Balaban J connectivity index is 2.85.